The van der Waals surface area contributed by atoms with Crippen molar-refractivity contribution in [1.29, 1.82) is 0 Å². The molecule has 0 aliphatic carbocycles. The first-order chi connectivity index (χ1) is 9.04. The molecular formula is C13H18N2O3S. The minimum Gasteiger partial charge on any atom is -0.480 e. The zero-order chi connectivity index (χ0) is 14.0. The number of likely N-dealkylation sites (N-methyl/N-ethyl adjacent to an activating group) is 1. The first kappa shape index (κ1) is 13.9. The van der Waals surface area contributed by atoms with Crippen LogP contribution >= 0.6 is 11.3 Å². The fourth-order valence-corrected chi connectivity index (χ4v) is 3.27. The van der Waals surface area contributed by atoms with Crippen LogP contribution in [0.2, 0.25) is 0 Å². The molecule has 2 heterocycles. The van der Waals surface area contributed by atoms with Gasteiger partial charge < -0.3 is 14.9 Å². The Morgan fingerprint density at radius 2 is 2.32 bits per heavy atom. The Morgan fingerprint density at radius 1 is 1.58 bits per heavy atom. The molecule has 0 saturated carbocycles. The highest BCUT2D eigenvalue weighted by Gasteiger charge is 2.30. The lowest BCUT2D eigenvalue weighted by Gasteiger charge is -2.33. The number of aliphatic carboxylic acids is 1. The van der Waals surface area contributed by atoms with Gasteiger partial charge in [0.25, 0.3) is 0 Å². The number of carboxylic acid groups (broad SMARTS) is 1. The molecule has 0 aromatic carbocycles. The van der Waals surface area contributed by atoms with Crippen molar-refractivity contribution in [2.45, 2.75) is 32.4 Å². The molecule has 19 heavy (non-hydrogen) atoms. The van der Waals surface area contributed by atoms with Crippen molar-refractivity contribution in [3.05, 3.63) is 21.9 Å². The summed E-state index contributed by atoms with van der Waals surface area (Å²) in [7, 11) is 1.56. The molecule has 0 spiro atoms. The highest BCUT2D eigenvalue weighted by Crippen LogP contribution is 2.24. The van der Waals surface area contributed by atoms with Crippen molar-refractivity contribution in [3.63, 3.8) is 0 Å². The van der Waals surface area contributed by atoms with Crippen LogP contribution in [-0.2, 0) is 17.8 Å². The van der Waals surface area contributed by atoms with E-state index < -0.39 is 12.0 Å². The average Bonchev–Trinajstić information content (AvgIpc) is 2.85. The summed E-state index contributed by atoms with van der Waals surface area (Å²) in [5.74, 6) is -0.952. The molecule has 6 heteroatoms. The molecule has 0 fully saturated rings. The van der Waals surface area contributed by atoms with Gasteiger partial charge >= 0.3 is 12.0 Å². The molecule has 0 saturated heterocycles. The Hall–Kier alpha value is -1.56. The monoisotopic (exact) mass is 282 g/mol. The third kappa shape index (κ3) is 2.73. The Morgan fingerprint density at radius 3 is 2.95 bits per heavy atom. The van der Waals surface area contributed by atoms with E-state index in [9.17, 15) is 9.59 Å². The van der Waals surface area contributed by atoms with E-state index in [0.717, 1.165) is 6.42 Å². The fourth-order valence-electron chi connectivity index (χ4n) is 2.38. The SMILES string of the molecule is CCC(C(=O)O)N(C)C(=O)N1CCc2sccc2C1. The highest BCUT2D eigenvalue weighted by molar-refractivity contribution is 7.10. The largest absolute Gasteiger partial charge is 0.480 e. The standard InChI is InChI=1S/C13H18N2O3S/c1-3-10(12(16)17)14(2)13(18)15-6-4-11-9(8-15)5-7-19-11/h5,7,10H,3-4,6,8H2,1-2H3,(H,16,17). The van der Waals surface area contributed by atoms with Crippen LogP contribution in [0.15, 0.2) is 11.4 Å². The van der Waals surface area contributed by atoms with E-state index in [-0.39, 0.29) is 6.03 Å². The summed E-state index contributed by atoms with van der Waals surface area (Å²) in [6.07, 6.45) is 1.27. The number of hydrogen-bond acceptors (Lipinski definition) is 3. The first-order valence-corrected chi connectivity index (χ1v) is 7.22. The number of carbonyl (C=O) groups is 2. The molecule has 1 aliphatic rings. The van der Waals surface area contributed by atoms with Gasteiger partial charge in [-0.3, -0.25) is 0 Å². The van der Waals surface area contributed by atoms with E-state index in [1.165, 1.54) is 15.3 Å². The Balaban J connectivity index is 2.07. The van der Waals surface area contributed by atoms with Gasteiger partial charge in [-0.2, -0.15) is 0 Å². The normalized spacial score (nSPS) is 15.8. The molecule has 0 radical (unpaired) electrons. The number of carbonyl (C=O) groups excluding carboxylic acids is 1. The third-order valence-electron chi connectivity index (χ3n) is 3.52. The van der Waals surface area contributed by atoms with Crippen molar-refractivity contribution in [3.8, 4) is 0 Å². The van der Waals surface area contributed by atoms with E-state index in [4.69, 9.17) is 5.11 Å². The number of amides is 2. The lowest BCUT2D eigenvalue weighted by Crippen LogP contribution is -2.49. The van der Waals surface area contributed by atoms with Crippen molar-refractivity contribution >= 4 is 23.3 Å². The maximum atomic E-state index is 12.3. The Bertz CT molecular complexity index is 486. The van der Waals surface area contributed by atoms with Crippen LogP contribution in [-0.4, -0.2) is 46.5 Å². The lowest BCUT2D eigenvalue weighted by molar-refractivity contribution is -0.142. The predicted molar refractivity (Wildman–Crippen MR) is 73.3 cm³/mol. The molecule has 1 aromatic heterocycles. The van der Waals surface area contributed by atoms with Gasteiger partial charge in [-0.1, -0.05) is 6.92 Å². The van der Waals surface area contributed by atoms with E-state index in [1.54, 1.807) is 30.2 Å². The van der Waals surface area contributed by atoms with E-state index in [2.05, 4.69) is 0 Å². The number of rotatable bonds is 3. The summed E-state index contributed by atoms with van der Waals surface area (Å²) >= 11 is 1.72. The minimum absolute atomic E-state index is 0.203. The van der Waals surface area contributed by atoms with Gasteiger partial charge in [-0.15, -0.1) is 11.3 Å². The number of thiophene rings is 1. The molecule has 2 amide bonds. The topological polar surface area (TPSA) is 60.9 Å². The molecule has 1 atom stereocenters. The van der Waals surface area contributed by atoms with Gasteiger partial charge in [0.15, 0.2) is 0 Å². The zero-order valence-electron chi connectivity index (χ0n) is 11.1. The van der Waals surface area contributed by atoms with E-state index in [1.807, 2.05) is 11.4 Å². The quantitative estimate of drug-likeness (QED) is 0.922. The van der Waals surface area contributed by atoms with Crippen molar-refractivity contribution < 1.29 is 14.7 Å². The zero-order valence-corrected chi connectivity index (χ0v) is 11.9. The number of carboxylic acids is 1. The smallest absolute Gasteiger partial charge is 0.326 e. The summed E-state index contributed by atoms with van der Waals surface area (Å²) in [6, 6.07) is 1.08. The van der Waals surface area contributed by atoms with Crippen molar-refractivity contribution in [1.82, 2.24) is 9.80 Å². The molecule has 0 bridgehead atoms. The number of fused-ring (bicyclic) bond motifs is 1. The first-order valence-electron chi connectivity index (χ1n) is 6.34. The van der Waals surface area contributed by atoms with Gasteiger partial charge in [0.05, 0.1) is 0 Å². The Labute approximate surface area is 116 Å². The summed E-state index contributed by atoms with van der Waals surface area (Å²) < 4.78 is 0. The minimum atomic E-state index is -0.952. The second-order valence-corrected chi connectivity index (χ2v) is 5.70. The van der Waals surface area contributed by atoms with Gasteiger partial charge in [0.1, 0.15) is 6.04 Å². The van der Waals surface area contributed by atoms with Gasteiger partial charge in [-0.05, 0) is 29.9 Å². The Kier molecular flexibility index (Phi) is 4.09. The number of urea groups is 1. The molecule has 2 rings (SSSR count). The highest BCUT2D eigenvalue weighted by atomic mass is 32.1. The van der Waals surface area contributed by atoms with Crippen LogP contribution in [0.1, 0.15) is 23.8 Å². The summed E-state index contributed by atoms with van der Waals surface area (Å²) in [5, 5.41) is 11.1. The third-order valence-corrected chi connectivity index (χ3v) is 4.54. The van der Waals surface area contributed by atoms with Crippen LogP contribution in [0.25, 0.3) is 0 Å². The van der Waals surface area contributed by atoms with E-state index in [0.29, 0.717) is 19.5 Å². The molecule has 1 N–H and O–H groups in total. The van der Waals surface area contributed by atoms with Crippen LogP contribution in [0.3, 0.4) is 0 Å². The molecule has 5 nitrogen and oxygen atoms in total. The molecule has 1 aliphatic heterocycles. The van der Waals surface area contributed by atoms with Crippen LogP contribution in [0.4, 0.5) is 4.79 Å². The average molecular weight is 282 g/mol. The molecule has 104 valence electrons. The van der Waals surface area contributed by atoms with E-state index >= 15 is 0 Å². The van der Waals surface area contributed by atoms with Gasteiger partial charge in [0, 0.05) is 25.0 Å². The second kappa shape index (κ2) is 5.61. The summed E-state index contributed by atoms with van der Waals surface area (Å²) in [6.45, 7) is 3.01. The predicted octanol–water partition coefficient (Wildman–Crippen LogP) is 2.02. The molecule has 1 aromatic rings. The van der Waals surface area contributed by atoms with Gasteiger partial charge in [-0.25, -0.2) is 9.59 Å². The second-order valence-electron chi connectivity index (χ2n) is 4.70. The summed E-state index contributed by atoms with van der Waals surface area (Å²) in [5.41, 5.74) is 1.18. The molecule has 1 unspecified atom stereocenters. The van der Waals surface area contributed by atoms with Gasteiger partial charge in [0.2, 0.25) is 0 Å². The summed E-state index contributed by atoms with van der Waals surface area (Å²) in [4.78, 5) is 27.8. The van der Waals surface area contributed by atoms with Crippen molar-refractivity contribution in [2.24, 2.45) is 0 Å². The van der Waals surface area contributed by atoms with Crippen LogP contribution < -0.4 is 0 Å². The number of hydrogen-bond donors (Lipinski definition) is 1. The number of nitrogens with zero attached hydrogens (tertiary/aromatic N) is 2. The fraction of sp³-hybridized carbons (Fsp3) is 0.538. The lowest BCUT2D eigenvalue weighted by atomic mass is 10.1. The van der Waals surface area contributed by atoms with Crippen LogP contribution in [0.5, 0.6) is 0 Å². The maximum absolute atomic E-state index is 12.3. The maximum Gasteiger partial charge on any atom is 0.326 e. The van der Waals surface area contributed by atoms with Crippen LogP contribution in [0, 0.1) is 0 Å². The molecular weight excluding hydrogens is 264 g/mol. The van der Waals surface area contributed by atoms with Crippen molar-refractivity contribution in [2.75, 3.05) is 13.6 Å².